The highest BCUT2D eigenvalue weighted by Gasteiger charge is 2.32. The molecule has 2 aromatic rings. The number of esters is 1. The highest BCUT2D eigenvalue weighted by atomic mass is 79.9. The fraction of sp³-hybridized carbons (Fsp3) is 0.375. The molecule has 1 aromatic carbocycles. The lowest BCUT2D eigenvalue weighted by atomic mass is 10.1. The predicted octanol–water partition coefficient (Wildman–Crippen LogP) is 2.46. The topological polar surface area (TPSA) is 70.4 Å². The number of carbonyl (C=O) groups excluding carboxylic acids is 1. The van der Waals surface area contributed by atoms with E-state index in [-0.39, 0.29) is 0 Å². The van der Waals surface area contributed by atoms with Gasteiger partial charge in [-0.05, 0) is 25.1 Å². The molecule has 128 valence electrons. The molecule has 0 aliphatic carbocycles. The van der Waals surface area contributed by atoms with E-state index in [1.807, 2.05) is 28.6 Å². The first-order chi connectivity index (χ1) is 11.5. The van der Waals surface area contributed by atoms with Crippen molar-refractivity contribution in [3.05, 3.63) is 45.7 Å². The van der Waals surface area contributed by atoms with Gasteiger partial charge in [0, 0.05) is 27.8 Å². The number of hydrogen-bond acceptors (Lipinski definition) is 5. The molecule has 3 rings (SSSR count). The third-order valence-corrected chi connectivity index (χ3v) is 5.44. The second kappa shape index (κ2) is 7.26. The van der Waals surface area contributed by atoms with Crippen molar-refractivity contribution in [3.63, 3.8) is 0 Å². The molecule has 0 saturated carbocycles. The molecule has 6 nitrogen and oxygen atoms in total. The van der Waals surface area contributed by atoms with Gasteiger partial charge in [0.25, 0.3) is 0 Å². The van der Waals surface area contributed by atoms with Crippen molar-refractivity contribution >= 4 is 33.3 Å². The van der Waals surface area contributed by atoms with Crippen LogP contribution in [0.4, 0.5) is 0 Å². The Hall–Kier alpha value is -1.35. The van der Waals surface area contributed by atoms with E-state index in [1.54, 1.807) is 17.9 Å². The molecule has 1 unspecified atom stereocenters. The standard InChI is InChI=1S/C16H18BrN3O3S/c1-3-23-16(21)15-13-10-19(24(2)22)8-7-14(13)20(18-15)12-6-4-5-11(17)9-12/h4-6,9H,3,7-8,10H2,1-2H3. The van der Waals surface area contributed by atoms with E-state index < -0.39 is 17.3 Å². The molecule has 0 amide bonds. The van der Waals surface area contributed by atoms with Crippen molar-refractivity contribution in [1.82, 2.24) is 14.1 Å². The minimum atomic E-state index is -1.09. The summed E-state index contributed by atoms with van der Waals surface area (Å²) in [5.41, 5.74) is 2.96. The minimum Gasteiger partial charge on any atom is -0.598 e. The van der Waals surface area contributed by atoms with E-state index in [4.69, 9.17) is 4.74 Å². The second-order valence-electron chi connectivity index (χ2n) is 5.42. The molecule has 1 aromatic heterocycles. The monoisotopic (exact) mass is 411 g/mol. The fourth-order valence-electron chi connectivity index (χ4n) is 2.80. The lowest BCUT2D eigenvalue weighted by Gasteiger charge is -2.26. The summed E-state index contributed by atoms with van der Waals surface area (Å²) in [6, 6.07) is 7.76. The van der Waals surface area contributed by atoms with Gasteiger partial charge in [-0.15, -0.1) is 4.31 Å². The average Bonchev–Trinajstić information content (AvgIpc) is 2.94. The lowest BCUT2D eigenvalue weighted by Crippen LogP contribution is -2.36. The maximum absolute atomic E-state index is 12.3. The third kappa shape index (κ3) is 3.37. The number of halogens is 1. The van der Waals surface area contributed by atoms with Gasteiger partial charge in [0.15, 0.2) is 5.69 Å². The summed E-state index contributed by atoms with van der Waals surface area (Å²) in [5.74, 6) is -0.439. The van der Waals surface area contributed by atoms with Crippen molar-refractivity contribution < 1.29 is 14.1 Å². The van der Waals surface area contributed by atoms with Crippen LogP contribution in [0, 0.1) is 0 Å². The first kappa shape index (κ1) is 17.5. The molecular formula is C16H18BrN3O3S. The van der Waals surface area contributed by atoms with Gasteiger partial charge < -0.3 is 9.29 Å². The minimum absolute atomic E-state index is 0.292. The van der Waals surface area contributed by atoms with E-state index >= 15 is 0 Å². The molecule has 0 bridgehead atoms. The van der Waals surface area contributed by atoms with Crippen molar-refractivity contribution in [2.45, 2.75) is 19.9 Å². The molecule has 1 atom stereocenters. The zero-order valence-corrected chi connectivity index (χ0v) is 15.9. The Balaban J connectivity index is 2.09. The van der Waals surface area contributed by atoms with Crippen LogP contribution in [0.2, 0.25) is 0 Å². The maximum Gasteiger partial charge on any atom is 0.359 e. The zero-order chi connectivity index (χ0) is 17.3. The Labute approximate surface area is 152 Å². The number of fused-ring (bicyclic) bond motifs is 1. The van der Waals surface area contributed by atoms with Crippen LogP contribution in [0.1, 0.15) is 28.7 Å². The molecule has 0 spiro atoms. The van der Waals surface area contributed by atoms with E-state index in [0.717, 1.165) is 21.4 Å². The molecule has 0 fully saturated rings. The van der Waals surface area contributed by atoms with Crippen LogP contribution in [0.3, 0.4) is 0 Å². The Kier molecular flexibility index (Phi) is 5.29. The second-order valence-corrected chi connectivity index (χ2v) is 7.70. The van der Waals surface area contributed by atoms with Crippen LogP contribution in [-0.2, 0) is 29.1 Å². The molecule has 24 heavy (non-hydrogen) atoms. The van der Waals surface area contributed by atoms with Gasteiger partial charge in [0.05, 0.1) is 31.1 Å². The number of carbonyl (C=O) groups is 1. The number of nitrogens with zero attached hydrogens (tertiary/aromatic N) is 3. The molecular weight excluding hydrogens is 394 g/mol. The Bertz CT molecular complexity index is 763. The molecule has 2 heterocycles. The summed E-state index contributed by atoms with van der Waals surface area (Å²) in [6.45, 7) is 3.16. The molecule has 1 aliphatic rings. The summed E-state index contributed by atoms with van der Waals surface area (Å²) in [7, 11) is 0. The van der Waals surface area contributed by atoms with Crippen molar-refractivity contribution in [3.8, 4) is 5.69 Å². The Morgan fingerprint density at radius 2 is 2.29 bits per heavy atom. The van der Waals surface area contributed by atoms with Crippen LogP contribution >= 0.6 is 15.9 Å². The highest BCUT2D eigenvalue weighted by Crippen LogP contribution is 2.28. The van der Waals surface area contributed by atoms with Crippen molar-refractivity contribution in [2.24, 2.45) is 0 Å². The van der Waals surface area contributed by atoms with E-state index in [1.165, 1.54) is 0 Å². The molecule has 0 saturated heterocycles. The Morgan fingerprint density at radius 3 is 2.96 bits per heavy atom. The number of ether oxygens (including phenoxy) is 1. The molecule has 8 heteroatoms. The molecule has 0 radical (unpaired) electrons. The van der Waals surface area contributed by atoms with Crippen LogP contribution in [-0.4, -0.2) is 44.0 Å². The van der Waals surface area contributed by atoms with E-state index in [9.17, 15) is 9.35 Å². The largest absolute Gasteiger partial charge is 0.598 e. The highest BCUT2D eigenvalue weighted by molar-refractivity contribution is 9.10. The lowest BCUT2D eigenvalue weighted by molar-refractivity contribution is 0.0517. The van der Waals surface area contributed by atoms with Gasteiger partial charge in [-0.1, -0.05) is 22.0 Å². The predicted molar refractivity (Wildman–Crippen MR) is 95.4 cm³/mol. The van der Waals surface area contributed by atoms with Crippen LogP contribution in [0.15, 0.2) is 28.7 Å². The summed E-state index contributed by atoms with van der Waals surface area (Å²) in [5, 5.41) is 4.51. The first-order valence-corrected chi connectivity index (χ1v) is 9.94. The van der Waals surface area contributed by atoms with Gasteiger partial charge in [-0.3, -0.25) is 0 Å². The number of aromatic nitrogens is 2. The third-order valence-electron chi connectivity index (χ3n) is 3.91. The maximum atomic E-state index is 12.3. The average molecular weight is 412 g/mol. The molecule has 0 N–H and O–H groups in total. The normalized spacial score (nSPS) is 15.8. The van der Waals surface area contributed by atoms with Crippen LogP contribution in [0.5, 0.6) is 0 Å². The zero-order valence-electron chi connectivity index (χ0n) is 13.5. The number of rotatable bonds is 4. The number of benzene rings is 1. The smallest absolute Gasteiger partial charge is 0.359 e. The van der Waals surface area contributed by atoms with Gasteiger partial charge in [0.2, 0.25) is 0 Å². The van der Waals surface area contributed by atoms with Crippen molar-refractivity contribution in [2.75, 3.05) is 19.4 Å². The summed E-state index contributed by atoms with van der Waals surface area (Å²) in [6.07, 6.45) is 2.32. The first-order valence-electron chi connectivity index (χ1n) is 7.63. The Morgan fingerprint density at radius 1 is 1.50 bits per heavy atom. The number of hydrogen-bond donors (Lipinski definition) is 0. The summed E-state index contributed by atoms with van der Waals surface area (Å²) < 4.78 is 21.5. The van der Waals surface area contributed by atoms with Gasteiger partial charge in [0.1, 0.15) is 6.26 Å². The quantitative estimate of drug-likeness (QED) is 0.570. The van der Waals surface area contributed by atoms with E-state index in [0.29, 0.717) is 31.8 Å². The van der Waals surface area contributed by atoms with Gasteiger partial charge in [-0.25, -0.2) is 9.48 Å². The van der Waals surface area contributed by atoms with Crippen LogP contribution < -0.4 is 0 Å². The summed E-state index contributed by atoms with van der Waals surface area (Å²) >= 11 is 2.38. The SMILES string of the molecule is CCOC(=O)c1nn(-c2cccc(Br)c2)c2c1CN([S+](C)[O-])CC2. The fourth-order valence-corrected chi connectivity index (χ4v) is 3.84. The van der Waals surface area contributed by atoms with Gasteiger partial charge in [-0.2, -0.15) is 5.10 Å². The van der Waals surface area contributed by atoms with Crippen LogP contribution in [0.25, 0.3) is 5.69 Å². The van der Waals surface area contributed by atoms with Gasteiger partial charge >= 0.3 is 5.97 Å². The summed E-state index contributed by atoms with van der Waals surface area (Å²) in [4.78, 5) is 12.3. The van der Waals surface area contributed by atoms with Crippen molar-refractivity contribution in [1.29, 1.82) is 0 Å². The van der Waals surface area contributed by atoms with E-state index in [2.05, 4.69) is 21.0 Å². The molecule has 1 aliphatic heterocycles.